The molecule has 2 aliphatic rings. The molecule has 0 aliphatic heterocycles. The second kappa shape index (κ2) is 11.7. The van der Waals surface area contributed by atoms with Gasteiger partial charge in [0.05, 0.1) is 0 Å². The quantitative estimate of drug-likeness (QED) is 0.242. The van der Waals surface area contributed by atoms with Gasteiger partial charge in [0.2, 0.25) is 0 Å². The Morgan fingerprint density at radius 3 is 1.86 bits per heavy atom. The monoisotopic (exact) mass is 649 g/mol. The van der Waals surface area contributed by atoms with E-state index in [9.17, 15) is 0 Å². The number of benzene rings is 2. The van der Waals surface area contributed by atoms with Gasteiger partial charge >= 0.3 is 246 Å². The third-order valence-corrected chi connectivity index (χ3v) is 18.3. The van der Waals surface area contributed by atoms with Crippen LogP contribution in [0, 0.1) is 10.8 Å². The first-order chi connectivity index (χ1) is 17.4. The zero-order chi connectivity index (χ0) is 26.9. The van der Waals surface area contributed by atoms with Crippen molar-refractivity contribution >= 4 is 48.7 Å². The fourth-order valence-corrected chi connectivity index (χ4v) is 14.2. The topological polar surface area (TPSA) is 18.5 Å². The first kappa shape index (κ1) is 29.7. The van der Waals surface area contributed by atoms with E-state index in [1.165, 1.54) is 22.3 Å². The first-order valence-electron chi connectivity index (χ1n) is 13.4. The summed E-state index contributed by atoms with van der Waals surface area (Å²) in [5.41, 5.74) is 4.35. The summed E-state index contributed by atoms with van der Waals surface area (Å²) in [6.45, 7) is 13.8. The van der Waals surface area contributed by atoms with E-state index in [0.29, 0.717) is 0 Å². The average Bonchev–Trinajstić information content (AvgIpc) is 3.36. The van der Waals surface area contributed by atoms with Gasteiger partial charge in [-0.05, 0) is 0 Å². The van der Waals surface area contributed by atoms with Crippen LogP contribution in [0.5, 0.6) is 0 Å². The van der Waals surface area contributed by atoms with Crippen molar-refractivity contribution in [2.75, 3.05) is 0 Å². The van der Waals surface area contributed by atoms with E-state index in [4.69, 9.17) is 25.9 Å². The van der Waals surface area contributed by atoms with Gasteiger partial charge in [-0.1, -0.05) is 0 Å². The molecule has 2 aliphatic carbocycles. The van der Waals surface area contributed by atoms with Crippen molar-refractivity contribution in [2.24, 2.45) is 10.8 Å². The molecular weight excluding hydrogens is 611 g/mol. The van der Waals surface area contributed by atoms with Crippen molar-refractivity contribution in [3.05, 3.63) is 82.9 Å². The molecule has 0 saturated heterocycles. The molecule has 3 atom stereocenters. The molecule has 0 heterocycles. The molecule has 0 N–H and O–H groups in total. The SMILES string of the molecule is CC(C)(C)C[SiH2]OC1(C[CH]([Zr]([Cl])[Cl])C2(O[SiH2]CC(C)(C)C)C=Cc3ccccc32)C=Cc2ccccc21. The standard InChI is InChI=1S/C30H41O2Si2.2ClH.Zr/c1-27(2,3)21-33-31-29(17-15-23-11-7-9-13-25(23)29)19-20-30(32-34-22-28(4,5)6)18-16-24-12-8-10-14-26(24)30;;;/h7-19H,20-22,33-34H2,1-6H3;2*1H;/q;;;+2/p-2. The van der Waals surface area contributed by atoms with Crippen LogP contribution in [-0.2, 0) is 39.4 Å². The van der Waals surface area contributed by atoms with Crippen LogP contribution in [-0.4, -0.2) is 19.5 Å². The zero-order valence-electron chi connectivity index (χ0n) is 23.1. The van der Waals surface area contributed by atoms with Gasteiger partial charge in [-0.2, -0.15) is 0 Å². The van der Waals surface area contributed by atoms with E-state index in [1.807, 2.05) is 0 Å². The summed E-state index contributed by atoms with van der Waals surface area (Å²) in [6, 6.07) is 19.5. The molecular formula is C30H41Cl2O2Si2Zr. The summed E-state index contributed by atoms with van der Waals surface area (Å²) in [6.07, 6.45) is 9.75. The van der Waals surface area contributed by atoms with Gasteiger partial charge in [-0.25, -0.2) is 0 Å². The van der Waals surface area contributed by atoms with E-state index < -0.39 is 50.1 Å². The van der Waals surface area contributed by atoms with Gasteiger partial charge in [0, 0.05) is 0 Å². The summed E-state index contributed by atoms with van der Waals surface area (Å²) in [5.74, 6) is 0. The van der Waals surface area contributed by atoms with E-state index in [-0.39, 0.29) is 14.5 Å². The van der Waals surface area contributed by atoms with Gasteiger partial charge in [-0.15, -0.1) is 0 Å². The van der Waals surface area contributed by atoms with Crippen molar-refractivity contribution in [3.8, 4) is 0 Å². The number of halogens is 2. The van der Waals surface area contributed by atoms with E-state index >= 15 is 0 Å². The van der Waals surface area contributed by atoms with Gasteiger partial charge in [-0.3, -0.25) is 0 Å². The summed E-state index contributed by atoms with van der Waals surface area (Å²) < 4.78 is 14.1. The number of fused-ring (bicyclic) bond motifs is 2. The van der Waals surface area contributed by atoms with Gasteiger partial charge < -0.3 is 0 Å². The first-order valence-corrected chi connectivity index (χ1v) is 24.3. The second-order valence-corrected chi connectivity index (χ2v) is 24.4. The van der Waals surface area contributed by atoms with Gasteiger partial charge in [0.1, 0.15) is 0 Å². The second-order valence-electron chi connectivity index (χ2n) is 12.9. The van der Waals surface area contributed by atoms with Crippen molar-refractivity contribution in [3.63, 3.8) is 0 Å². The Hall–Kier alpha value is -0.263. The molecule has 0 radical (unpaired) electrons. The Balaban J connectivity index is 1.74. The molecule has 0 aromatic heterocycles. The molecule has 0 fully saturated rings. The van der Waals surface area contributed by atoms with E-state index in [0.717, 1.165) is 18.5 Å². The summed E-state index contributed by atoms with van der Waals surface area (Å²) in [4.78, 5) is 0. The number of hydrogen-bond acceptors (Lipinski definition) is 2. The molecule has 4 rings (SSSR count). The molecule has 0 amide bonds. The predicted molar refractivity (Wildman–Crippen MR) is 162 cm³/mol. The fraction of sp³-hybridized carbons (Fsp3) is 0.467. The Morgan fingerprint density at radius 2 is 1.27 bits per heavy atom. The Labute approximate surface area is 243 Å². The van der Waals surface area contributed by atoms with Crippen LogP contribution in [0.1, 0.15) is 70.2 Å². The molecule has 0 bridgehead atoms. The van der Waals surface area contributed by atoms with Crippen molar-refractivity contribution in [1.82, 2.24) is 0 Å². The van der Waals surface area contributed by atoms with Crippen LogP contribution in [0.2, 0.25) is 15.7 Å². The van der Waals surface area contributed by atoms with Crippen LogP contribution < -0.4 is 0 Å². The Kier molecular flexibility index (Phi) is 9.39. The molecule has 199 valence electrons. The average molecular weight is 652 g/mol. The Morgan fingerprint density at radius 1 is 0.757 bits per heavy atom. The minimum absolute atomic E-state index is 0.0186. The summed E-state index contributed by atoms with van der Waals surface area (Å²) in [5, 5.41) is 0. The van der Waals surface area contributed by atoms with E-state index in [2.05, 4.69) is 114 Å². The Bertz CT molecular complexity index is 1150. The molecule has 0 spiro atoms. The molecule has 37 heavy (non-hydrogen) atoms. The van der Waals surface area contributed by atoms with Crippen LogP contribution in [0.15, 0.2) is 60.7 Å². The number of rotatable bonds is 10. The van der Waals surface area contributed by atoms with Gasteiger partial charge in [0.15, 0.2) is 0 Å². The van der Waals surface area contributed by atoms with Crippen LogP contribution in [0.3, 0.4) is 0 Å². The third-order valence-electron chi connectivity index (χ3n) is 7.53. The molecule has 0 saturated carbocycles. The zero-order valence-corrected chi connectivity index (χ0v) is 29.9. The van der Waals surface area contributed by atoms with Crippen molar-refractivity contribution in [1.29, 1.82) is 0 Å². The summed E-state index contributed by atoms with van der Waals surface area (Å²) in [7, 11) is 12.6. The number of hydrogen-bond donors (Lipinski definition) is 0. The molecule has 3 unspecified atom stereocenters. The van der Waals surface area contributed by atoms with Gasteiger partial charge in [0.25, 0.3) is 0 Å². The molecule has 2 nitrogen and oxygen atoms in total. The summed E-state index contributed by atoms with van der Waals surface area (Å²) >= 11 is -2.91. The maximum absolute atomic E-state index is 7.12. The molecule has 2 aromatic carbocycles. The maximum atomic E-state index is 7.12. The molecule has 2 aromatic rings. The van der Waals surface area contributed by atoms with Crippen molar-refractivity contribution < 1.29 is 28.2 Å². The van der Waals surface area contributed by atoms with Crippen molar-refractivity contribution in [2.45, 2.75) is 74.9 Å². The molecule has 7 heteroatoms. The predicted octanol–water partition coefficient (Wildman–Crippen LogP) is 8.07. The normalized spacial score (nSPS) is 23.9. The fourth-order valence-electron chi connectivity index (χ4n) is 5.30. The van der Waals surface area contributed by atoms with E-state index in [1.54, 1.807) is 0 Å². The van der Waals surface area contributed by atoms with Crippen LogP contribution in [0.25, 0.3) is 12.2 Å². The van der Waals surface area contributed by atoms with Crippen LogP contribution >= 0.6 is 17.0 Å². The third kappa shape index (κ3) is 6.91. The van der Waals surface area contributed by atoms with Crippen LogP contribution in [0.4, 0.5) is 0 Å². The minimum atomic E-state index is -2.91.